The Kier molecular flexibility index (Phi) is 8.70. The number of thioether (sulfide) groups is 1. The van der Waals surface area contributed by atoms with Gasteiger partial charge in [0.2, 0.25) is 11.8 Å². The number of thiophene rings is 1. The molecule has 2 amide bonds. The average molecular weight is 478 g/mol. The van der Waals surface area contributed by atoms with Crippen molar-refractivity contribution in [2.45, 2.75) is 50.2 Å². The molecule has 7 heteroatoms. The van der Waals surface area contributed by atoms with Gasteiger partial charge in [0, 0.05) is 27.9 Å². The van der Waals surface area contributed by atoms with Crippen LogP contribution in [-0.2, 0) is 9.59 Å². The minimum Gasteiger partial charge on any atom is -0.326 e. The quantitative estimate of drug-likeness (QED) is 0.330. The maximum absolute atomic E-state index is 13.1. The van der Waals surface area contributed by atoms with Gasteiger partial charge in [-0.3, -0.25) is 9.59 Å². The Hall–Kier alpha value is -3.08. The van der Waals surface area contributed by atoms with Gasteiger partial charge in [-0.15, -0.1) is 23.1 Å². The van der Waals surface area contributed by atoms with Crippen molar-refractivity contribution in [1.82, 2.24) is 0 Å². The lowest BCUT2D eigenvalue weighted by Gasteiger charge is -2.15. The summed E-state index contributed by atoms with van der Waals surface area (Å²) in [4.78, 5) is 25.8. The molecule has 0 saturated carbocycles. The van der Waals surface area contributed by atoms with Crippen molar-refractivity contribution in [3.8, 4) is 17.2 Å². The molecule has 3 aromatic rings. The summed E-state index contributed by atoms with van der Waals surface area (Å²) >= 11 is 2.81. The Bertz CT molecular complexity index is 1160. The number of nitrogens with zero attached hydrogens (tertiary/aromatic N) is 1. The number of hydrogen-bond acceptors (Lipinski definition) is 5. The van der Waals surface area contributed by atoms with Crippen LogP contribution in [0.1, 0.15) is 44.2 Å². The maximum atomic E-state index is 13.1. The normalized spacial score (nSPS) is 11.5. The van der Waals surface area contributed by atoms with Crippen LogP contribution in [0.15, 0.2) is 58.8 Å². The highest BCUT2D eigenvalue weighted by Crippen LogP contribution is 2.36. The van der Waals surface area contributed by atoms with Crippen molar-refractivity contribution >= 4 is 45.6 Å². The second kappa shape index (κ2) is 11.7. The first kappa shape index (κ1) is 24.6. The predicted octanol–water partition coefficient (Wildman–Crippen LogP) is 6.84. The fourth-order valence-electron chi connectivity index (χ4n) is 3.28. The van der Waals surface area contributed by atoms with Crippen molar-refractivity contribution in [2.24, 2.45) is 0 Å². The summed E-state index contributed by atoms with van der Waals surface area (Å²) in [6, 6.07) is 17.8. The molecule has 1 heterocycles. The highest BCUT2D eigenvalue weighted by molar-refractivity contribution is 8.00. The smallest absolute Gasteiger partial charge is 0.238 e. The van der Waals surface area contributed by atoms with Crippen LogP contribution in [0.3, 0.4) is 0 Å². The van der Waals surface area contributed by atoms with Gasteiger partial charge in [0.1, 0.15) is 11.1 Å². The molecule has 5 nitrogen and oxygen atoms in total. The molecule has 0 radical (unpaired) electrons. The van der Waals surface area contributed by atoms with Crippen LogP contribution in [0.5, 0.6) is 0 Å². The SMILES string of the molecule is CCCC(=O)Nc1cccc(SC(CC)C(=O)Nc2scc(-c3ccc(C)cc3)c2C#N)c1. The summed E-state index contributed by atoms with van der Waals surface area (Å²) < 4.78 is 0. The summed E-state index contributed by atoms with van der Waals surface area (Å²) in [5.41, 5.74) is 4.14. The largest absolute Gasteiger partial charge is 0.326 e. The Morgan fingerprint density at radius 3 is 2.55 bits per heavy atom. The van der Waals surface area contributed by atoms with Gasteiger partial charge < -0.3 is 10.6 Å². The summed E-state index contributed by atoms with van der Waals surface area (Å²) in [6.07, 6.45) is 1.89. The lowest BCUT2D eigenvalue weighted by atomic mass is 10.0. The second-order valence-electron chi connectivity index (χ2n) is 7.66. The van der Waals surface area contributed by atoms with E-state index in [0.717, 1.165) is 33.7 Å². The molecule has 0 fully saturated rings. The van der Waals surface area contributed by atoms with Gasteiger partial charge in [-0.1, -0.05) is 49.7 Å². The van der Waals surface area contributed by atoms with E-state index < -0.39 is 0 Å². The lowest BCUT2D eigenvalue weighted by molar-refractivity contribution is -0.116. The third-order valence-electron chi connectivity index (χ3n) is 5.04. The second-order valence-corrected chi connectivity index (χ2v) is 9.82. The molecule has 0 aliphatic heterocycles. The predicted molar refractivity (Wildman–Crippen MR) is 138 cm³/mol. The number of carbonyl (C=O) groups excluding carboxylic acids is 2. The molecule has 2 aromatic carbocycles. The fourth-order valence-corrected chi connectivity index (χ4v) is 5.22. The van der Waals surface area contributed by atoms with Crippen molar-refractivity contribution < 1.29 is 9.59 Å². The maximum Gasteiger partial charge on any atom is 0.238 e. The van der Waals surface area contributed by atoms with E-state index in [1.807, 2.05) is 74.7 Å². The Labute approximate surface area is 203 Å². The number of aryl methyl sites for hydroxylation is 1. The van der Waals surface area contributed by atoms with Gasteiger partial charge in [0.25, 0.3) is 0 Å². The summed E-state index contributed by atoms with van der Waals surface area (Å²) in [5, 5.41) is 17.8. The standard InChI is InChI=1S/C26H27N3O2S2/c1-4-7-24(30)28-19-8-6-9-20(14-19)33-23(5-2)25(31)29-26-21(15-27)22(16-32-26)18-12-10-17(3)11-13-18/h6,8-14,16,23H,4-5,7H2,1-3H3,(H,28,30)(H,29,31). The molecule has 3 rings (SSSR count). The van der Waals surface area contributed by atoms with Gasteiger partial charge in [-0.25, -0.2) is 0 Å². The highest BCUT2D eigenvalue weighted by atomic mass is 32.2. The van der Waals surface area contributed by atoms with E-state index in [2.05, 4.69) is 16.7 Å². The molecule has 1 atom stereocenters. The Balaban J connectivity index is 1.72. The van der Waals surface area contributed by atoms with E-state index in [1.54, 1.807) is 0 Å². The van der Waals surface area contributed by atoms with E-state index in [-0.39, 0.29) is 17.1 Å². The van der Waals surface area contributed by atoms with Crippen LogP contribution in [0, 0.1) is 18.3 Å². The number of hydrogen-bond donors (Lipinski definition) is 2. The first-order valence-corrected chi connectivity index (χ1v) is 12.7. The zero-order valence-corrected chi connectivity index (χ0v) is 20.6. The number of nitrogens with one attached hydrogen (secondary N) is 2. The van der Waals surface area contributed by atoms with Crippen LogP contribution >= 0.6 is 23.1 Å². The molecule has 0 saturated heterocycles. The molecule has 0 spiro atoms. The monoisotopic (exact) mass is 477 g/mol. The molecule has 2 N–H and O–H groups in total. The number of benzene rings is 2. The third kappa shape index (κ3) is 6.47. The van der Waals surface area contributed by atoms with Gasteiger partial charge in [-0.05, 0) is 43.5 Å². The van der Waals surface area contributed by atoms with Crippen LogP contribution in [0.25, 0.3) is 11.1 Å². The fraction of sp³-hybridized carbons (Fsp3) is 0.269. The van der Waals surface area contributed by atoms with Gasteiger partial charge in [0.05, 0.1) is 10.8 Å². The van der Waals surface area contributed by atoms with Gasteiger partial charge in [0.15, 0.2) is 0 Å². The lowest BCUT2D eigenvalue weighted by Crippen LogP contribution is -2.24. The van der Waals surface area contributed by atoms with Crippen molar-refractivity contribution in [3.05, 3.63) is 65.0 Å². The van der Waals surface area contributed by atoms with Crippen LogP contribution in [0.2, 0.25) is 0 Å². The Morgan fingerprint density at radius 2 is 1.88 bits per heavy atom. The number of amides is 2. The summed E-state index contributed by atoms with van der Waals surface area (Å²) in [5.74, 6) is -0.160. The first-order chi connectivity index (χ1) is 15.9. The van der Waals surface area contributed by atoms with E-state index in [9.17, 15) is 14.9 Å². The zero-order chi connectivity index (χ0) is 23.8. The third-order valence-corrected chi connectivity index (χ3v) is 7.29. The van der Waals surface area contributed by atoms with Crippen molar-refractivity contribution in [1.29, 1.82) is 5.26 Å². The topological polar surface area (TPSA) is 82.0 Å². The molecular weight excluding hydrogens is 450 g/mol. The summed E-state index contributed by atoms with van der Waals surface area (Å²) in [6.45, 7) is 5.94. The molecule has 1 unspecified atom stereocenters. The Morgan fingerprint density at radius 1 is 1.12 bits per heavy atom. The minimum atomic E-state index is -0.330. The molecule has 0 aliphatic carbocycles. The van der Waals surface area contributed by atoms with Gasteiger partial charge >= 0.3 is 0 Å². The molecule has 0 bridgehead atoms. The zero-order valence-electron chi connectivity index (χ0n) is 19.0. The van der Waals surface area contributed by atoms with Crippen molar-refractivity contribution in [3.63, 3.8) is 0 Å². The summed E-state index contributed by atoms with van der Waals surface area (Å²) in [7, 11) is 0. The number of carbonyl (C=O) groups is 2. The average Bonchev–Trinajstić information content (AvgIpc) is 3.20. The number of rotatable bonds is 9. The molecular formula is C26H27N3O2S2. The van der Waals surface area contributed by atoms with E-state index in [4.69, 9.17) is 0 Å². The highest BCUT2D eigenvalue weighted by Gasteiger charge is 2.22. The molecule has 170 valence electrons. The molecule has 0 aliphatic rings. The van der Waals surface area contributed by atoms with Crippen LogP contribution in [0.4, 0.5) is 10.7 Å². The number of anilines is 2. The molecule has 1 aromatic heterocycles. The van der Waals surface area contributed by atoms with E-state index in [1.165, 1.54) is 23.1 Å². The van der Waals surface area contributed by atoms with Crippen molar-refractivity contribution in [2.75, 3.05) is 10.6 Å². The number of nitriles is 1. The van der Waals surface area contributed by atoms with E-state index in [0.29, 0.717) is 23.4 Å². The van der Waals surface area contributed by atoms with E-state index >= 15 is 0 Å². The van der Waals surface area contributed by atoms with Gasteiger partial charge in [-0.2, -0.15) is 5.26 Å². The molecule has 33 heavy (non-hydrogen) atoms. The first-order valence-electron chi connectivity index (χ1n) is 10.9. The minimum absolute atomic E-state index is 0.0180. The van der Waals surface area contributed by atoms with Crippen LogP contribution in [-0.4, -0.2) is 17.1 Å². The van der Waals surface area contributed by atoms with Crippen LogP contribution < -0.4 is 10.6 Å².